The maximum absolute atomic E-state index is 12.8. The normalized spacial score (nSPS) is 15.2. The van der Waals surface area contributed by atoms with Crippen LogP contribution in [0.5, 0.6) is 5.75 Å². The van der Waals surface area contributed by atoms with Crippen molar-refractivity contribution in [2.75, 3.05) is 44.6 Å². The van der Waals surface area contributed by atoms with Gasteiger partial charge in [-0.2, -0.15) is 0 Å². The third-order valence-electron chi connectivity index (χ3n) is 5.09. The van der Waals surface area contributed by atoms with Gasteiger partial charge in [0.15, 0.2) is 5.13 Å². The highest BCUT2D eigenvalue weighted by atomic mass is 32.2. The van der Waals surface area contributed by atoms with Crippen molar-refractivity contribution in [1.29, 1.82) is 0 Å². The number of sulfonamides is 1. The Hall–Kier alpha value is -2.69. The standard InChI is InChI=1S/C21H24N4O4S2/c1-3-29-16-5-7-17(8-6-16)31(27,28)23-21-22-18-9-4-15(14-19(18)30-21)20(26)25-12-10-24(2)11-13-25/h4-9,14H,3,10-13H2,1-2H3,(H,22,23). The molecule has 10 heteroatoms. The molecule has 1 aromatic heterocycles. The average Bonchev–Trinajstić information content (AvgIpc) is 3.15. The number of likely N-dealkylation sites (N-methyl/N-ethyl adjacent to an activating group) is 1. The Morgan fingerprint density at radius 2 is 1.84 bits per heavy atom. The number of rotatable bonds is 6. The zero-order chi connectivity index (χ0) is 22.0. The first-order valence-corrected chi connectivity index (χ1v) is 12.3. The Morgan fingerprint density at radius 3 is 2.52 bits per heavy atom. The second-order valence-corrected chi connectivity index (χ2v) is 10.0. The molecule has 0 radical (unpaired) electrons. The highest BCUT2D eigenvalue weighted by Gasteiger charge is 2.22. The maximum atomic E-state index is 12.8. The van der Waals surface area contributed by atoms with Gasteiger partial charge >= 0.3 is 0 Å². The summed E-state index contributed by atoms with van der Waals surface area (Å²) < 4.78 is 34.0. The Bertz CT molecular complexity index is 1180. The minimum absolute atomic E-state index is 0.0140. The molecule has 0 atom stereocenters. The van der Waals surface area contributed by atoms with E-state index in [1.807, 2.05) is 18.9 Å². The maximum Gasteiger partial charge on any atom is 0.263 e. The molecule has 164 valence electrons. The fraction of sp³-hybridized carbons (Fsp3) is 0.333. The van der Waals surface area contributed by atoms with Crippen molar-refractivity contribution in [3.63, 3.8) is 0 Å². The Labute approximate surface area is 185 Å². The first kappa shape index (κ1) is 21.5. The molecule has 1 N–H and O–H groups in total. The molecule has 1 saturated heterocycles. The van der Waals surface area contributed by atoms with Gasteiger partial charge in [0.2, 0.25) is 0 Å². The van der Waals surface area contributed by atoms with Gasteiger partial charge in [0, 0.05) is 31.7 Å². The molecular weight excluding hydrogens is 436 g/mol. The van der Waals surface area contributed by atoms with Crippen LogP contribution in [0.4, 0.5) is 5.13 Å². The summed E-state index contributed by atoms with van der Waals surface area (Å²) in [6, 6.07) is 11.5. The molecule has 2 aromatic carbocycles. The van der Waals surface area contributed by atoms with Crippen LogP contribution in [0.1, 0.15) is 17.3 Å². The molecular formula is C21H24N4O4S2. The van der Waals surface area contributed by atoms with E-state index in [2.05, 4.69) is 14.6 Å². The fourth-order valence-electron chi connectivity index (χ4n) is 3.35. The van der Waals surface area contributed by atoms with E-state index in [1.54, 1.807) is 30.3 Å². The minimum Gasteiger partial charge on any atom is -0.494 e. The second kappa shape index (κ2) is 8.81. The molecule has 4 rings (SSSR count). The van der Waals surface area contributed by atoms with Crippen molar-refractivity contribution >= 4 is 42.6 Å². The number of nitrogens with one attached hydrogen (secondary N) is 1. The molecule has 1 fully saturated rings. The van der Waals surface area contributed by atoms with Gasteiger partial charge in [0.05, 0.1) is 21.7 Å². The molecule has 8 nitrogen and oxygen atoms in total. The van der Waals surface area contributed by atoms with E-state index in [9.17, 15) is 13.2 Å². The lowest BCUT2D eigenvalue weighted by atomic mass is 10.1. The summed E-state index contributed by atoms with van der Waals surface area (Å²) >= 11 is 1.20. The van der Waals surface area contributed by atoms with E-state index in [0.29, 0.717) is 36.5 Å². The van der Waals surface area contributed by atoms with Crippen LogP contribution in [-0.2, 0) is 10.0 Å². The summed E-state index contributed by atoms with van der Waals surface area (Å²) in [6.45, 7) is 5.48. The second-order valence-electron chi connectivity index (χ2n) is 7.31. The van der Waals surface area contributed by atoms with Crippen LogP contribution in [-0.4, -0.2) is 68.9 Å². The average molecular weight is 461 g/mol. The smallest absolute Gasteiger partial charge is 0.263 e. The quantitative estimate of drug-likeness (QED) is 0.608. The zero-order valence-electron chi connectivity index (χ0n) is 17.4. The van der Waals surface area contributed by atoms with Gasteiger partial charge in [-0.15, -0.1) is 0 Å². The highest BCUT2D eigenvalue weighted by molar-refractivity contribution is 7.93. The number of ether oxygens (including phenoxy) is 1. The Kier molecular flexibility index (Phi) is 6.12. The number of carbonyl (C=O) groups excluding carboxylic acids is 1. The number of amides is 1. The van der Waals surface area contributed by atoms with Crippen LogP contribution in [0, 0.1) is 0 Å². The topological polar surface area (TPSA) is 91.8 Å². The van der Waals surface area contributed by atoms with E-state index in [4.69, 9.17) is 4.74 Å². The summed E-state index contributed by atoms with van der Waals surface area (Å²) in [5.74, 6) is 0.596. The van der Waals surface area contributed by atoms with E-state index in [0.717, 1.165) is 17.8 Å². The lowest BCUT2D eigenvalue weighted by Crippen LogP contribution is -2.47. The summed E-state index contributed by atoms with van der Waals surface area (Å²) in [5, 5.41) is 0.257. The van der Waals surface area contributed by atoms with Crippen LogP contribution in [0.2, 0.25) is 0 Å². The van der Waals surface area contributed by atoms with Gasteiger partial charge in [-0.3, -0.25) is 9.52 Å². The van der Waals surface area contributed by atoms with Gasteiger partial charge in [-0.25, -0.2) is 13.4 Å². The third-order valence-corrected chi connectivity index (χ3v) is 7.51. The number of hydrogen-bond donors (Lipinski definition) is 1. The highest BCUT2D eigenvalue weighted by Crippen LogP contribution is 2.29. The molecule has 1 aliphatic rings. The monoisotopic (exact) mass is 460 g/mol. The molecule has 0 aliphatic carbocycles. The van der Waals surface area contributed by atoms with Gasteiger partial charge in [0.1, 0.15) is 5.75 Å². The summed E-state index contributed by atoms with van der Waals surface area (Å²) in [4.78, 5) is 21.3. The van der Waals surface area contributed by atoms with Gasteiger partial charge in [0.25, 0.3) is 15.9 Å². The number of thiazole rings is 1. The number of anilines is 1. The fourth-order valence-corrected chi connectivity index (χ4v) is 5.49. The first-order valence-electron chi connectivity index (χ1n) is 10.00. The molecule has 1 aliphatic heterocycles. The van der Waals surface area contributed by atoms with Crippen molar-refractivity contribution in [3.05, 3.63) is 48.0 Å². The summed E-state index contributed by atoms with van der Waals surface area (Å²) in [7, 11) is -1.74. The third kappa shape index (κ3) is 4.81. The van der Waals surface area contributed by atoms with Crippen molar-refractivity contribution in [2.45, 2.75) is 11.8 Å². The van der Waals surface area contributed by atoms with Crippen LogP contribution in [0.3, 0.4) is 0 Å². The number of hydrogen-bond acceptors (Lipinski definition) is 7. The number of piperazine rings is 1. The number of fused-ring (bicyclic) bond motifs is 1. The lowest BCUT2D eigenvalue weighted by molar-refractivity contribution is 0.0664. The molecule has 0 saturated carbocycles. The van der Waals surface area contributed by atoms with Crippen molar-refractivity contribution < 1.29 is 17.9 Å². The SMILES string of the molecule is CCOc1ccc(S(=O)(=O)Nc2nc3ccc(C(=O)N4CCN(C)CC4)cc3s2)cc1. The number of nitrogens with zero attached hydrogens (tertiary/aromatic N) is 3. The van der Waals surface area contributed by atoms with Gasteiger partial charge in [-0.1, -0.05) is 11.3 Å². The Morgan fingerprint density at radius 1 is 1.13 bits per heavy atom. The van der Waals surface area contributed by atoms with Gasteiger partial charge < -0.3 is 14.5 Å². The predicted molar refractivity (Wildman–Crippen MR) is 121 cm³/mol. The molecule has 0 spiro atoms. The zero-order valence-corrected chi connectivity index (χ0v) is 19.0. The minimum atomic E-state index is -3.78. The largest absolute Gasteiger partial charge is 0.494 e. The van der Waals surface area contributed by atoms with Crippen LogP contribution >= 0.6 is 11.3 Å². The summed E-state index contributed by atoms with van der Waals surface area (Å²) in [6.07, 6.45) is 0. The molecule has 3 aromatic rings. The van der Waals surface area contributed by atoms with Crippen LogP contribution in [0.15, 0.2) is 47.4 Å². The molecule has 0 unspecified atom stereocenters. The van der Waals surface area contributed by atoms with Crippen molar-refractivity contribution in [1.82, 2.24) is 14.8 Å². The Balaban J connectivity index is 1.52. The van der Waals surface area contributed by atoms with E-state index in [-0.39, 0.29) is 15.9 Å². The molecule has 0 bridgehead atoms. The lowest BCUT2D eigenvalue weighted by Gasteiger charge is -2.32. The molecule has 2 heterocycles. The predicted octanol–water partition coefficient (Wildman–Crippen LogP) is 2.88. The first-order chi connectivity index (χ1) is 14.9. The van der Waals surface area contributed by atoms with Crippen LogP contribution < -0.4 is 9.46 Å². The van der Waals surface area contributed by atoms with Gasteiger partial charge in [-0.05, 0) is 56.4 Å². The molecule has 31 heavy (non-hydrogen) atoms. The van der Waals surface area contributed by atoms with E-state index in [1.165, 1.54) is 23.5 Å². The van der Waals surface area contributed by atoms with Crippen LogP contribution in [0.25, 0.3) is 10.2 Å². The van der Waals surface area contributed by atoms with Crippen molar-refractivity contribution in [2.24, 2.45) is 0 Å². The molecule has 1 amide bonds. The van der Waals surface area contributed by atoms with E-state index >= 15 is 0 Å². The number of benzene rings is 2. The number of aromatic nitrogens is 1. The summed E-state index contributed by atoms with van der Waals surface area (Å²) in [5.41, 5.74) is 1.23. The van der Waals surface area contributed by atoms with Crippen molar-refractivity contribution in [3.8, 4) is 5.75 Å². The van der Waals surface area contributed by atoms with E-state index < -0.39 is 10.0 Å². The number of carbonyl (C=O) groups is 1.